The topological polar surface area (TPSA) is 80.6 Å². The van der Waals surface area contributed by atoms with E-state index < -0.39 is 0 Å². The summed E-state index contributed by atoms with van der Waals surface area (Å²) in [7, 11) is 1.52. The SMILES string of the molecule is COc1ccc(Cl)cc1NC(=O)Cc1ccc(NC(=O)c2ccc(Br)o2)cc1. The van der Waals surface area contributed by atoms with Gasteiger partial charge in [0.25, 0.3) is 5.91 Å². The van der Waals surface area contributed by atoms with Gasteiger partial charge in [-0.1, -0.05) is 23.7 Å². The van der Waals surface area contributed by atoms with Crippen LogP contribution in [-0.4, -0.2) is 18.9 Å². The summed E-state index contributed by atoms with van der Waals surface area (Å²) < 4.78 is 10.9. The van der Waals surface area contributed by atoms with Crippen molar-refractivity contribution in [3.05, 3.63) is 75.6 Å². The first-order chi connectivity index (χ1) is 13.4. The van der Waals surface area contributed by atoms with Gasteiger partial charge in [-0.25, -0.2) is 0 Å². The van der Waals surface area contributed by atoms with Crippen LogP contribution in [0.25, 0.3) is 0 Å². The Morgan fingerprint density at radius 2 is 1.82 bits per heavy atom. The van der Waals surface area contributed by atoms with Crippen LogP contribution in [0.5, 0.6) is 5.75 Å². The lowest BCUT2D eigenvalue weighted by molar-refractivity contribution is -0.115. The van der Waals surface area contributed by atoms with Crippen LogP contribution in [0.4, 0.5) is 11.4 Å². The number of furan rings is 1. The van der Waals surface area contributed by atoms with Gasteiger partial charge in [0.05, 0.1) is 19.2 Å². The van der Waals surface area contributed by atoms with Crippen LogP contribution in [-0.2, 0) is 11.2 Å². The van der Waals surface area contributed by atoms with Crippen LogP contribution >= 0.6 is 27.5 Å². The number of hydrogen-bond acceptors (Lipinski definition) is 4. The molecule has 144 valence electrons. The van der Waals surface area contributed by atoms with Gasteiger partial charge in [0, 0.05) is 10.7 Å². The molecule has 6 nitrogen and oxygen atoms in total. The van der Waals surface area contributed by atoms with Crippen molar-refractivity contribution in [2.75, 3.05) is 17.7 Å². The average molecular weight is 464 g/mol. The highest BCUT2D eigenvalue weighted by Crippen LogP contribution is 2.27. The lowest BCUT2D eigenvalue weighted by atomic mass is 10.1. The third-order valence-electron chi connectivity index (χ3n) is 3.81. The minimum Gasteiger partial charge on any atom is -0.495 e. The van der Waals surface area contributed by atoms with Crippen LogP contribution in [0.2, 0.25) is 5.02 Å². The van der Waals surface area contributed by atoms with Gasteiger partial charge in [-0.2, -0.15) is 0 Å². The van der Waals surface area contributed by atoms with Crippen molar-refractivity contribution < 1.29 is 18.7 Å². The van der Waals surface area contributed by atoms with Crippen molar-refractivity contribution in [3.8, 4) is 5.75 Å². The molecule has 8 heteroatoms. The summed E-state index contributed by atoms with van der Waals surface area (Å²) in [6.45, 7) is 0. The second kappa shape index (κ2) is 8.95. The van der Waals surface area contributed by atoms with Gasteiger partial charge in [0.1, 0.15) is 5.75 Å². The van der Waals surface area contributed by atoms with E-state index in [0.29, 0.717) is 26.8 Å². The van der Waals surface area contributed by atoms with E-state index in [0.717, 1.165) is 5.56 Å². The summed E-state index contributed by atoms with van der Waals surface area (Å²) >= 11 is 9.13. The molecular weight excluding hydrogens is 448 g/mol. The van der Waals surface area contributed by atoms with Crippen molar-refractivity contribution in [1.29, 1.82) is 0 Å². The quantitative estimate of drug-likeness (QED) is 0.530. The summed E-state index contributed by atoms with van der Waals surface area (Å²) in [5.41, 5.74) is 1.89. The molecule has 2 aromatic carbocycles. The number of benzene rings is 2. The molecule has 0 unspecified atom stereocenters. The Balaban J connectivity index is 1.60. The molecule has 2 amide bonds. The molecule has 3 rings (SSSR count). The lowest BCUT2D eigenvalue weighted by Gasteiger charge is -2.11. The number of amides is 2. The summed E-state index contributed by atoms with van der Waals surface area (Å²) in [6.07, 6.45) is 0.162. The molecule has 0 saturated heterocycles. The molecular formula is C20H16BrClN2O4. The van der Waals surface area contributed by atoms with E-state index in [1.165, 1.54) is 7.11 Å². The van der Waals surface area contributed by atoms with E-state index in [9.17, 15) is 9.59 Å². The normalized spacial score (nSPS) is 10.4. The number of carbonyl (C=O) groups excluding carboxylic acids is 2. The third-order valence-corrected chi connectivity index (χ3v) is 4.47. The number of hydrogen-bond donors (Lipinski definition) is 2. The highest BCUT2D eigenvalue weighted by molar-refractivity contribution is 9.10. The molecule has 0 aliphatic heterocycles. The standard InChI is InChI=1S/C20H16BrClN2O4/c1-27-16-7-4-13(22)11-15(16)24-19(25)10-12-2-5-14(6-3-12)23-20(26)17-8-9-18(21)28-17/h2-9,11H,10H2,1H3,(H,23,26)(H,24,25). The van der Waals surface area contributed by atoms with Gasteiger partial charge in [0.2, 0.25) is 5.91 Å². The molecule has 3 aromatic rings. The second-order valence-electron chi connectivity index (χ2n) is 5.82. The average Bonchev–Trinajstić information content (AvgIpc) is 3.10. The zero-order valence-corrected chi connectivity index (χ0v) is 17.1. The first-order valence-electron chi connectivity index (χ1n) is 8.23. The van der Waals surface area contributed by atoms with Gasteiger partial charge in [0.15, 0.2) is 10.4 Å². The predicted octanol–water partition coefficient (Wildman–Crippen LogP) is 5.14. The van der Waals surface area contributed by atoms with Crippen LogP contribution in [0, 0.1) is 0 Å². The fourth-order valence-corrected chi connectivity index (χ4v) is 2.97. The smallest absolute Gasteiger partial charge is 0.291 e. The molecule has 1 aromatic heterocycles. The molecule has 0 bridgehead atoms. The van der Waals surface area contributed by atoms with Gasteiger partial charge in [-0.05, 0) is 64.0 Å². The number of anilines is 2. The van der Waals surface area contributed by atoms with Crippen LogP contribution in [0.15, 0.2) is 63.7 Å². The zero-order chi connectivity index (χ0) is 20.1. The number of rotatable bonds is 6. The maximum absolute atomic E-state index is 12.3. The number of ether oxygens (including phenoxy) is 1. The third kappa shape index (κ3) is 5.15. The fourth-order valence-electron chi connectivity index (χ4n) is 2.49. The molecule has 1 heterocycles. The Kier molecular flexibility index (Phi) is 6.38. The molecule has 0 aliphatic carbocycles. The van der Waals surface area contributed by atoms with Crippen molar-refractivity contribution in [2.45, 2.75) is 6.42 Å². The fraction of sp³-hybridized carbons (Fsp3) is 0.100. The van der Waals surface area contributed by atoms with Crippen LogP contribution < -0.4 is 15.4 Å². The van der Waals surface area contributed by atoms with Crippen molar-refractivity contribution >= 4 is 50.7 Å². The summed E-state index contributed by atoms with van der Waals surface area (Å²) in [5.74, 6) is 0.160. The minimum atomic E-state index is -0.357. The first kappa shape index (κ1) is 20.0. The van der Waals surface area contributed by atoms with Crippen molar-refractivity contribution in [2.24, 2.45) is 0 Å². The first-order valence-corrected chi connectivity index (χ1v) is 9.40. The Morgan fingerprint density at radius 3 is 2.46 bits per heavy atom. The van der Waals surface area contributed by atoms with Gasteiger partial charge >= 0.3 is 0 Å². The number of halogens is 2. The predicted molar refractivity (Wildman–Crippen MR) is 111 cm³/mol. The molecule has 2 N–H and O–H groups in total. The molecule has 0 saturated carbocycles. The summed E-state index contributed by atoms with van der Waals surface area (Å²) in [4.78, 5) is 24.4. The monoisotopic (exact) mass is 462 g/mol. The maximum atomic E-state index is 12.3. The molecule has 0 atom stereocenters. The Labute approximate surface area is 175 Å². The second-order valence-corrected chi connectivity index (χ2v) is 7.04. The highest BCUT2D eigenvalue weighted by Gasteiger charge is 2.12. The maximum Gasteiger partial charge on any atom is 0.291 e. The van der Waals surface area contributed by atoms with E-state index in [4.69, 9.17) is 20.8 Å². The Bertz CT molecular complexity index is 1000. The van der Waals surface area contributed by atoms with E-state index >= 15 is 0 Å². The van der Waals surface area contributed by atoms with Crippen molar-refractivity contribution in [3.63, 3.8) is 0 Å². The van der Waals surface area contributed by atoms with Crippen LogP contribution in [0.1, 0.15) is 16.1 Å². The van der Waals surface area contributed by atoms with Crippen LogP contribution in [0.3, 0.4) is 0 Å². The minimum absolute atomic E-state index is 0.162. The summed E-state index contributed by atoms with van der Waals surface area (Å²) in [6, 6.07) is 15.2. The van der Waals surface area contributed by atoms with Gasteiger partial charge in [-0.3, -0.25) is 9.59 Å². The summed E-state index contributed by atoms with van der Waals surface area (Å²) in [5, 5.41) is 6.01. The largest absolute Gasteiger partial charge is 0.495 e. The van der Waals surface area contributed by atoms with Crippen molar-refractivity contribution in [1.82, 2.24) is 0 Å². The Hall–Kier alpha value is -2.77. The van der Waals surface area contributed by atoms with E-state index in [2.05, 4.69) is 26.6 Å². The molecule has 0 fully saturated rings. The molecule has 0 aliphatic rings. The number of methoxy groups -OCH3 is 1. The van der Waals surface area contributed by atoms with E-state index in [1.54, 1.807) is 54.6 Å². The van der Waals surface area contributed by atoms with Gasteiger partial charge in [-0.15, -0.1) is 0 Å². The number of nitrogens with one attached hydrogen (secondary N) is 2. The van der Waals surface area contributed by atoms with E-state index in [-0.39, 0.29) is 24.0 Å². The van der Waals surface area contributed by atoms with Gasteiger partial charge < -0.3 is 19.8 Å². The molecule has 0 radical (unpaired) electrons. The molecule has 0 spiro atoms. The molecule has 28 heavy (non-hydrogen) atoms. The lowest BCUT2D eigenvalue weighted by Crippen LogP contribution is -2.15. The number of carbonyl (C=O) groups is 2. The zero-order valence-electron chi connectivity index (χ0n) is 14.8. The Morgan fingerprint density at radius 1 is 1.07 bits per heavy atom. The highest BCUT2D eigenvalue weighted by atomic mass is 79.9. The van der Waals surface area contributed by atoms with E-state index in [1.807, 2.05) is 0 Å².